The number of fused-ring (bicyclic) bond motifs is 1. The van der Waals surface area contributed by atoms with Crippen LogP contribution in [0.5, 0.6) is 5.75 Å². The van der Waals surface area contributed by atoms with Crippen molar-refractivity contribution in [3.63, 3.8) is 0 Å². The first kappa shape index (κ1) is 12.1. The van der Waals surface area contributed by atoms with Crippen LogP contribution in [0.3, 0.4) is 0 Å². The molecule has 0 unspecified atom stereocenters. The van der Waals surface area contributed by atoms with Gasteiger partial charge in [-0.3, -0.25) is 9.36 Å². The average Bonchev–Trinajstić information content (AvgIpc) is 2.85. The van der Waals surface area contributed by atoms with Gasteiger partial charge in [0.2, 0.25) is 0 Å². The number of aromatic nitrogens is 2. The van der Waals surface area contributed by atoms with Crippen molar-refractivity contribution in [1.82, 2.24) is 9.55 Å². The second kappa shape index (κ2) is 4.64. The minimum atomic E-state index is -0.678. The van der Waals surface area contributed by atoms with Gasteiger partial charge in [0.25, 0.3) is 5.56 Å². The van der Waals surface area contributed by atoms with Crippen molar-refractivity contribution in [1.29, 1.82) is 0 Å². The average molecular weight is 262 g/mol. The SMILES string of the molecule is COc1ccc2ncn([C@H]3COC[C@@H]3O)c(=O)c2c1. The molecule has 1 aromatic heterocycles. The van der Waals surface area contributed by atoms with E-state index in [1.54, 1.807) is 25.3 Å². The van der Waals surface area contributed by atoms with Crippen molar-refractivity contribution in [3.8, 4) is 5.75 Å². The normalized spacial score (nSPS) is 22.8. The zero-order chi connectivity index (χ0) is 13.4. The van der Waals surface area contributed by atoms with Gasteiger partial charge in [-0.2, -0.15) is 0 Å². The number of ether oxygens (including phenoxy) is 2. The second-order valence-electron chi connectivity index (χ2n) is 4.51. The Balaban J connectivity index is 2.16. The third-order valence-electron chi connectivity index (χ3n) is 3.37. The van der Waals surface area contributed by atoms with Crippen molar-refractivity contribution in [2.45, 2.75) is 12.1 Å². The lowest BCUT2D eigenvalue weighted by Gasteiger charge is -2.15. The quantitative estimate of drug-likeness (QED) is 0.844. The summed E-state index contributed by atoms with van der Waals surface area (Å²) in [6.07, 6.45) is 0.780. The van der Waals surface area contributed by atoms with Crippen LogP contribution in [0.1, 0.15) is 6.04 Å². The lowest BCUT2D eigenvalue weighted by Crippen LogP contribution is -2.31. The molecule has 6 heteroatoms. The first-order chi connectivity index (χ1) is 9.20. The molecule has 1 aromatic carbocycles. The summed E-state index contributed by atoms with van der Waals surface area (Å²) >= 11 is 0. The Bertz CT molecular complexity index is 667. The van der Waals surface area contributed by atoms with Crippen molar-refractivity contribution < 1.29 is 14.6 Å². The number of nitrogens with zero attached hydrogens (tertiary/aromatic N) is 2. The molecule has 0 radical (unpaired) electrons. The lowest BCUT2D eigenvalue weighted by molar-refractivity contribution is 0.119. The molecule has 19 heavy (non-hydrogen) atoms. The van der Waals surface area contributed by atoms with E-state index in [1.807, 2.05) is 0 Å². The molecule has 0 amide bonds. The highest BCUT2D eigenvalue weighted by Gasteiger charge is 2.29. The zero-order valence-corrected chi connectivity index (χ0v) is 10.4. The van der Waals surface area contributed by atoms with E-state index in [1.165, 1.54) is 10.9 Å². The molecule has 1 fully saturated rings. The van der Waals surface area contributed by atoms with Gasteiger partial charge in [-0.05, 0) is 18.2 Å². The van der Waals surface area contributed by atoms with Crippen LogP contribution < -0.4 is 10.3 Å². The van der Waals surface area contributed by atoms with Crippen LogP contribution >= 0.6 is 0 Å². The topological polar surface area (TPSA) is 73.6 Å². The maximum absolute atomic E-state index is 12.4. The molecule has 1 saturated heterocycles. The monoisotopic (exact) mass is 262 g/mol. The standard InChI is InChI=1S/C13H14N2O4/c1-18-8-2-3-10-9(4-8)13(17)15(7-14-10)11-5-19-6-12(11)16/h2-4,7,11-12,16H,5-6H2,1H3/t11-,12-/m0/s1. The van der Waals surface area contributed by atoms with Crippen LogP contribution in [-0.4, -0.2) is 41.1 Å². The van der Waals surface area contributed by atoms with Gasteiger partial charge in [0.1, 0.15) is 11.9 Å². The Morgan fingerprint density at radius 3 is 3.00 bits per heavy atom. The van der Waals surface area contributed by atoms with Crippen molar-refractivity contribution in [3.05, 3.63) is 34.9 Å². The number of hydrogen-bond acceptors (Lipinski definition) is 5. The zero-order valence-electron chi connectivity index (χ0n) is 10.4. The van der Waals surface area contributed by atoms with Gasteiger partial charge in [0.05, 0.1) is 43.6 Å². The van der Waals surface area contributed by atoms with Crippen molar-refractivity contribution in [2.75, 3.05) is 20.3 Å². The number of rotatable bonds is 2. The van der Waals surface area contributed by atoms with E-state index in [2.05, 4.69) is 4.98 Å². The Morgan fingerprint density at radius 1 is 1.47 bits per heavy atom. The third kappa shape index (κ3) is 1.98. The first-order valence-corrected chi connectivity index (χ1v) is 6.01. The maximum atomic E-state index is 12.4. The molecule has 2 atom stereocenters. The Labute approximate surface area is 109 Å². The summed E-state index contributed by atoms with van der Waals surface area (Å²) in [6, 6.07) is 4.77. The van der Waals surface area contributed by atoms with Gasteiger partial charge in [0.15, 0.2) is 0 Å². The van der Waals surface area contributed by atoms with E-state index in [4.69, 9.17) is 9.47 Å². The van der Waals surface area contributed by atoms with Gasteiger partial charge in [0, 0.05) is 0 Å². The molecule has 0 aliphatic carbocycles. The third-order valence-corrected chi connectivity index (χ3v) is 3.37. The van der Waals surface area contributed by atoms with Crippen LogP contribution in [-0.2, 0) is 4.74 Å². The fourth-order valence-electron chi connectivity index (χ4n) is 2.28. The number of hydrogen-bond donors (Lipinski definition) is 1. The molecule has 0 spiro atoms. The fraction of sp³-hybridized carbons (Fsp3) is 0.385. The number of aliphatic hydroxyl groups is 1. The summed E-state index contributed by atoms with van der Waals surface area (Å²) in [5.41, 5.74) is 0.411. The molecule has 0 bridgehead atoms. The minimum absolute atomic E-state index is 0.196. The molecular formula is C13H14N2O4. The highest BCUT2D eigenvalue weighted by molar-refractivity contribution is 5.78. The summed E-state index contributed by atoms with van der Waals surface area (Å²) in [5, 5.41) is 10.3. The molecule has 6 nitrogen and oxygen atoms in total. The molecule has 3 rings (SSSR count). The fourth-order valence-corrected chi connectivity index (χ4v) is 2.28. The van der Waals surface area contributed by atoms with E-state index >= 15 is 0 Å². The highest BCUT2D eigenvalue weighted by atomic mass is 16.5. The smallest absolute Gasteiger partial charge is 0.261 e. The Morgan fingerprint density at radius 2 is 2.32 bits per heavy atom. The van der Waals surface area contributed by atoms with Crippen LogP contribution in [0, 0.1) is 0 Å². The van der Waals surface area contributed by atoms with Crippen molar-refractivity contribution in [2.24, 2.45) is 0 Å². The molecule has 100 valence electrons. The molecule has 1 aliphatic heterocycles. The lowest BCUT2D eigenvalue weighted by atomic mass is 10.2. The maximum Gasteiger partial charge on any atom is 0.261 e. The van der Waals surface area contributed by atoms with Crippen LogP contribution in [0.15, 0.2) is 29.3 Å². The summed E-state index contributed by atoms with van der Waals surface area (Å²) in [5.74, 6) is 0.604. The van der Waals surface area contributed by atoms with Gasteiger partial charge >= 0.3 is 0 Å². The number of benzene rings is 1. The molecule has 2 heterocycles. The highest BCUT2D eigenvalue weighted by Crippen LogP contribution is 2.20. The van der Waals surface area contributed by atoms with E-state index in [-0.39, 0.29) is 18.2 Å². The van der Waals surface area contributed by atoms with Crippen LogP contribution in [0.25, 0.3) is 10.9 Å². The van der Waals surface area contributed by atoms with E-state index in [0.717, 1.165) is 0 Å². The van der Waals surface area contributed by atoms with E-state index < -0.39 is 6.10 Å². The van der Waals surface area contributed by atoms with Gasteiger partial charge in [-0.15, -0.1) is 0 Å². The first-order valence-electron chi connectivity index (χ1n) is 6.01. The van der Waals surface area contributed by atoms with Crippen LogP contribution in [0.2, 0.25) is 0 Å². The molecule has 0 saturated carbocycles. The van der Waals surface area contributed by atoms with Gasteiger partial charge < -0.3 is 14.6 Å². The van der Waals surface area contributed by atoms with Crippen molar-refractivity contribution >= 4 is 10.9 Å². The van der Waals surface area contributed by atoms with Gasteiger partial charge in [-0.1, -0.05) is 0 Å². The van der Waals surface area contributed by atoms with E-state index in [9.17, 15) is 9.90 Å². The predicted molar refractivity (Wildman–Crippen MR) is 68.4 cm³/mol. The Hall–Kier alpha value is -1.92. The molecule has 1 N–H and O–H groups in total. The largest absolute Gasteiger partial charge is 0.497 e. The number of aliphatic hydroxyl groups excluding tert-OH is 1. The summed E-state index contributed by atoms with van der Waals surface area (Å²) in [7, 11) is 1.55. The van der Waals surface area contributed by atoms with Crippen LogP contribution in [0.4, 0.5) is 0 Å². The van der Waals surface area contributed by atoms with E-state index in [0.29, 0.717) is 23.3 Å². The van der Waals surface area contributed by atoms with Gasteiger partial charge in [-0.25, -0.2) is 4.98 Å². The Kier molecular flexibility index (Phi) is 2.96. The number of methoxy groups -OCH3 is 1. The minimum Gasteiger partial charge on any atom is -0.497 e. The summed E-state index contributed by atoms with van der Waals surface area (Å²) in [6.45, 7) is 0.561. The summed E-state index contributed by atoms with van der Waals surface area (Å²) in [4.78, 5) is 16.7. The summed E-state index contributed by atoms with van der Waals surface area (Å²) < 4.78 is 11.7. The predicted octanol–water partition coefficient (Wildman–Crippen LogP) is 0.337. The second-order valence-corrected chi connectivity index (χ2v) is 4.51. The molecule has 2 aromatic rings. The molecular weight excluding hydrogens is 248 g/mol. The molecule has 1 aliphatic rings.